The van der Waals surface area contributed by atoms with Gasteiger partial charge in [0.2, 0.25) is 11.8 Å². The van der Waals surface area contributed by atoms with E-state index in [4.69, 9.17) is 4.74 Å². The summed E-state index contributed by atoms with van der Waals surface area (Å²) in [6, 6.07) is 5.09. The van der Waals surface area contributed by atoms with Crippen molar-refractivity contribution in [3.05, 3.63) is 30.1 Å². The number of amides is 2. The lowest BCUT2D eigenvalue weighted by atomic mass is 10.0. The number of aliphatic hydroxyl groups excluding tert-OH is 1. The number of aliphatic hydroxyl groups is 1. The number of hydrogen-bond donors (Lipinski definition) is 2. The van der Waals surface area contributed by atoms with Gasteiger partial charge in [-0.05, 0) is 61.4 Å². The third kappa shape index (κ3) is 6.76. The highest BCUT2D eigenvalue weighted by molar-refractivity contribution is 5.91. The molecule has 4 rings (SSSR count). The Morgan fingerprint density at radius 3 is 2.83 bits per heavy atom. The zero-order valence-electron chi connectivity index (χ0n) is 20.6. The summed E-state index contributed by atoms with van der Waals surface area (Å²) in [5, 5.41) is 23.4. The smallest absolute Gasteiger partial charge is 0.246 e. The molecule has 0 unspecified atom stereocenters. The number of fused-ring (bicyclic) bond motifs is 1. The van der Waals surface area contributed by atoms with Crippen LogP contribution in [0, 0.1) is 11.8 Å². The minimum absolute atomic E-state index is 0.0196. The van der Waals surface area contributed by atoms with Crippen molar-refractivity contribution in [2.45, 2.75) is 51.8 Å². The summed E-state index contributed by atoms with van der Waals surface area (Å²) < 4.78 is 7.86. The SMILES string of the molecule is C[C@H](CO)N1C[C@H](C)[C@@H](CN(C)CC2CC2)Oc2ccc(NC(=O)Cn3cnnn3)cc2CC1=O. The summed E-state index contributed by atoms with van der Waals surface area (Å²) in [6.45, 7) is 6.12. The van der Waals surface area contributed by atoms with Gasteiger partial charge in [0, 0.05) is 36.8 Å². The highest BCUT2D eigenvalue weighted by Crippen LogP contribution is 2.31. The van der Waals surface area contributed by atoms with Crippen LogP contribution in [-0.2, 0) is 22.6 Å². The number of nitrogens with one attached hydrogen (secondary N) is 1. The van der Waals surface area contributed by atoms with Crippen molar-refractivity contribution < 1.29 is 19.4 Å². The Balaban J connectivity index is 1.56. The Bertz CT molecular complexity index is 1010. The van der Waals surface area contributed by atoms with Crippen LogP contribution in [0.15, 0.2) is 24.5 Å². The molecular formula is C24H35N7O4. The normalized spacial score (nSPS) is 21.5. The molecule has 1 aliphatic heterocycles. The predicted octanol–water partition coefficient (Wildman–Crippen LogP) is 0.803. The number of ether oxygens (including phenoxy) is 1. The van der Waals surface area contributed by atoms with E-state index in [0.717, 1.165) is 19.0 Å². The zero-order chi connectivity index (χ0) is 24.9. The molecule has 0 radical (unpaired) electrons. The first kappa shape index (κ1) is 25.1. The number of carbonyl (C=O) groups is 2. The van der Waals surface area contributed by atoms with Crippen molar-refractivity contribution in [3.63, 3.8) is 0 Å². The van der Waals surface area contributed by atoms with Crippen LogP contribution in [0.5, 0.6) is 5.75 Å². The van der Waals surface area contributed by atoms with E-state index >= 15 is 0 Å². The van der Waals surface area contributed by atoms with E-state index < -0.39 is 0 Å². The van der Waals surface area contributed by atoms with Gasteiger partial charge < -0.3 is 25.0 Å². The first-order valence-electron chi connectivity index (χ1n) is 12.2. The molecule has 2 aromatic rings. The molecule has 2 amide bonds. The minimum Gasteiger partial charge on any atom is -0.488 e. The van der Waals surface area contributed by atoms with Crippen molar-refractivity contribution in [2.75, 3.05) is 38.6 Å². The second kappa shape index (κ2) is 11.1. The number of nitrogens with zero attached hydrogens (tertiary/aromatic N) is 6. The average molecular weight is 486 g/mol. The molecule has 1 aromatic heterocycles. The van der Waals surface area contributed by atoms with E-state index in [1.54, 1.807) is 17.0 Å². The third-order valence-corrected chi connectivity index (χ3v) is 6.66. The van der Waals surface area contributed by atoms with Crippen LogP contribution in [0.4, 0.5) is 5.69 Å². The Kier molecular flexibility index (Phi) is 7.97. The van der Waals surface area contributed by atoms with Crippen LogP contribution < -0.4 is 10.1 Å². The predicted molar refractivity (Wildman–Crippen MR) is 129 cm³/mol. The van der Waals surface area contributed by atoms with Gasteiger partial charge in [0.25, 0.3) is 0 Å². The highest BCUT2D eigenvalue weighted by atomic mass is 16.5. The number of anilines is 1. The van der Waals surface area contributed by atoms with Gasteiger partial charge in [-0.3, -0.25) is 9.59 Å². The van der Waals surface area contributed by atoms with Crippen molar-refractivity contribution in [2.24, 2.45) is 11.8 Å². The third-order valence-electron chi connectivity index (χ3n) is 6.66. The van der Waals surface area contributed by atoms with Gasteiger partial charge in [0.05, 0.1) is 19.1 Å². The maximum Gasteiger partial charge on any atom is 0.246 e. The molecule has 1 saturated carbocycles. The topological polar surface area (TPSA) is 126 Å². The van der Waals surface area contributed by atoms with Crippen molar-refractivity contribution in [1.82, 2.24) is 30.0 Å². The quantitative estimate of drug-likeness (QED) is 0.534. The molecule has 0 bridgehead atoms. The summed E-state index contributed by atoms with van der Waals surface area (Å²) >= 11 is 0. The van der Waals surface area contributed by atoms with Crippen LogP contribution in [0.2, 0.25) is 0 Å². The van der Waals surface area contributed by atoms with E-state index in [1.165, 1.54) is 23.9 Å². The molecule has 11 nitrogen and oxygen atoms in total. The molecule has 0 spiro atoms. The summed E-state index contributed by atoms with van der Waals surface area (Å²) in [4.78, 5) is 29.8. The minimum atomic E-state index is -0.296. The summed E-state index contributed by atoms with van der Waals surface area (Å²) in [5.74, 6) is 1.12. The van der Waals surface area contributed by atoms with Crippen molar-refractivity contribution >= 4 is 17.5 Å². The van der Waals surface area contributed by atoms with Gasteiger partial charge in [-0.1, -0.05) is 6.92 Å². The molecular weight excluding hydrogens is 450 g/mol. The largest absolute Gasteiger partial charge is 0.488 e. The molecule has 1 aliphatic carbocycles. The molecule has 2 aliphatic rings. The summed E-state index contributed by atoms with van der Waals surface area (Å²) in [5.41, 5.74) is 1.27. The number of hydrogen-bond acceptors (Lipinski definition) is 8. The van der Waals surface area contributed by atoms with Gasteiger partial charge in [-0.2, -0.15) is 0 Å². The fourth-order valence-electron chi connectivity index (χ4n) is 4.45. The molecule has 0 saturated heterocycles. The van der Waals surface area contributed by atoms with E-state index in [2.05, 4.69) is 39.7 Å². The molecule has 1 aromatic carbocycles. The fourth-order valence-corrected chi connectivity index (χ4v) is 4.45. The van der Waals surface area contributed by atoms with Crippen LogP contribution >= 0.6 is 0 Å². The monoisotopic (exact) mass is 485 g/mol. The van der Waals surface area contributed by atoms with Crippen molar-refractivity contribution in [1.29, 1.82) is 0 Å². The molecule has 35 heavy (non-hydrogen) atoms. The van der Waals surface area contributed by atoms with E-state index in [-0.39, 0.29) is 49.5 Å². The zero-order valence-corrected chi connectivity index (χ0v) is 20.6. The van der Waals surface area contributed by atoms with E-state index in [9.17, 15) is 14.7 Å². The Labute approximate surface area is 205 Å². The number of benzene rings is 1. The molecule has 3 atom stereocenters. The summed E-state index contributed by atoms with van der Waals surface area (Å²) in [6.07, 6.45) is 3.93. The molecule has 1 fully saturated rings. The second-order valence-electron chi connectivity index (χ2n) is 9.93. The number of likely N-dealkylation sites (N-methyl/N-ethyl adjacent to an activating group) is 1. The molecule has 2 N–H and O–H groups in total. The Hall–Kier alpha value is -3.05. The van der Waals surface area contributed by atoms with Gasteiger partial charge in [0.1, 0.15) is 24.7 Å². The highest BCUT2D eigenvalue weighted by Gasteiger charge is 2.32. The lowest BCUT2D eigenvalue weighted by Crippen LogP contribution is -2.47. The first-order chi connectivity index (χ1) is 16.8. The van der Waals surface area contributed by atoms with Gasteiger partial charge >= 0.3 is 0 Å². The average Bonchev–Trinajstić information content (AvgIpc) is 3.47. The molecule has 2 heterocycles. The van der Waals surface area contributed by atoms with Gasteiger partial charge in [0.15, 0.2) is 0 Å². The number of tetrazole rings is 1. The number of carbonyl (C=O) groups excluding carboxylic acids is 2. The summed E-state index contributed by atoms with van der Waals surface area (Å²) in [7, 11) is 2.12. The van der Waals surface area contributed by atoms with Gasteiger partial charge in [-0.15, -0.1) is 5.10 Å². The maximum atomic E-state index is 13.3. The van der Waals surface area contributed by atoms with Crippen molar-refractivity contribution in [3.8, 4) is 5.75 Å². The van der Waals surface area contributed by atoms with Crippen LogP contribution in [0.25, 0.3) is 0 Å². The molecule has 11 heteroatoms. The fraction of sp³-hybridized carbons (Fsp3) is 0.625. The van der Waals surface area contributed by atoms with E-state index in [1.807, 2.05) is 13.0 Å². The second-order valence-corrected chi connectivity index (χ2v) is 9.93. The standard InChI is InChI=1S/C24H35N7O4/c1-16-10-31(17(2)14-32)24(34)9-19-8-20(26-23(33)13-30-15-25-27-28-30)6-7-21(19)35-22(16)12-29(3)11-18-4-5-18/h6-8,15-18,22,32H,4-5,9-14H2,1-3H3,(H,26,33)/t16-,17+,22+/m0/s1. The Morgan fingerprint density at radius 2 is 2.14 bits per heavy atom. The maximum absolute atomic E-state index is 13.3. The van der Waals surface area contributed by atoms with Crippen LogP contribution in [-0.4, -0.2) is 92.4 Å². The van der Waals surface area contributed by atoms with Gasteiger partial charge in [-0.25, -0.2) is 4.68 Å². The lowest BCUT2D eigenvalue weighted by molar-refractivity contribution is -0.134. The van der Waals surface area contributed by atoms with Crippen LogP contribution in [0.3, 0.4) is 0 Å². The Morgan fingerprint density at radius 1 is 1.34 bits per heavy atom. The lowest BCUT2D eigenvalue weighted by Gasteiger charge is -2.34. The molecule has 190 valence electrons. The number of rotatable bonds is 9. The van der Waals surface area contributed by atoms with E-state index in [0.29, 0.717) is 23.5 Å². The number of aromatic nitrogens is 4. The first-order valence-corrected chi connectivity index (χ1v) is 12.2. The van der Waals surface area contributed by atoms with Crippen LogP contribution in [0.1, 0.15) is 32.3 Å².